The van der Waals surface area contributed by atoms with Gasteiger partial charge in [-0.15, -0.1) is 0 Å². The van der Waals surface area contributed by atoms with Crippen LogP contribution in [0.1, 0.15) is 30.0 Å². The molecular weight excluding hydrogens is 342 g/mol. The van der Waals surface area contributed by atoms with Gasteiger partial charge in [-0.1, -0.05) is 11.6 Å². The number of carbonyl (C=O) groups is 1. The highest BCUT2D eigenvalue weighted by Gasteiger charge is 2.25. The van der Waals surface area contributed by atoms with Crippen LogP contribution in [-0.2, 0) is 11.3 Å². The molecule has 0 unspecified atom stereocenters. The van der Waals surface area contributed by atoms with Crippen LogP contribution in [-0.4, -0.2) is 28.8 Å². The summed E-state index contributed by atoms with van der Waals surface area (Å²) in [5.74, 6) is 0.823. The molecule has 1 aliphatic carbocycles. The van der Waals surface area contributed by atoms with Crippen LogP contribution in [0.4, 0.5) is 0 Å². The van der Waals surface area contributed by atoms with E-state index >= 15 is 0 Å². The minimum atomic E-state index is -0.251. The Balaban J connectivity index is 1.45. The third-order valence-corrected chi connectivity index (χ3v) is 4.45. The molecule has 0 spiro atoms. The topological polar surface area (TPSA) is 73.2 Å². The molecule has 2 aromatic rings. The predicted octanol–water partition coefficient (Wildman–Crippen LogP) is 2.28. The normalized spacial score (nSPS) is 13.5. The summed E-state index contributed by atoms with van der Waals surface area (Å²) >= 11 is 5.95. The van der Waals surface area contributed by atoms with Gasteiger partial charge in [0.15, 0.2) is 6.61 Å². The number of benzene rings is 1. The fraction of sp³-hybridized carbons (Fsp3) is 0.389. The zero-order valence-corrected chi connectivity index (χ0v) is 14.8. The van der Waals surface area contributed by atoms with Crippen LogP contribution in [0.3, 0.4) is 0 Å². The molecule has 1 aliphatic rings. The summed E-state index contributed by atoms with van der Waals surface area (Å²) in [6.07, 6.45) is 2.26. The van der Waals surface area contributed by atoms with Crippen LogP contribution in [0.2, 0.25) is 5.02 Å². The van der Waals surface area contributed by atoms with Crippen molar-refractivity contribution in [3.05, 3.63) is 57.0 Å². The smallest absolute Gasteiger partial charge is 0.266 e. The molecule has 1 aromatic carbocycles. The van der Waals surface area contributed by atoms with Crippen molar-refractivity contribution in [2.45, 2.75) is 32.2 Å². The van der Waals surface area contributed by atoms with Crippen molar-refractivity contribution in [1.82, 2.24) is 15.1 Å². The maximum absolute atomic E-state index is 11.9. The summed E-state index contributed by atoms with van der Waals surface area (Å²) in [6.45, 7) is 2.44. The van der Waals surface area contributed by atoms with Crippen molar-refractivity contribution >= 4 is 17.5 Å². The lowest BCUT2D eigenvalue weighted by Crippen LogP contribution is -2.34. The third-order valence-electron chi connectivity index (χ3n) is 4.03. The lowest BCUT2D eigenvalue weighted by molar-refractivity contribution is -0.123. The number of hydrogen-bond donors (Lipinski definition) is 1. The van der Waals surface area contributed by atoms with Crippen molar-refractivity contribution in [3.8, 4) is 5.75 Å². The lowest BCUT2D eigenvalue weighted by atomic mass is 10.2. The Labute approximate surface area is 150 Å². The average Bonchev–Trinajstić information content (AvgIpc) is 3.43. The maximum atomic E-state index is 11.9. The molecule has 132 valence electrons. The summed E-state index contributed by atoms with van der Waals surface area (Å²) in [6, 6.07) is 8.55. The first-order valence-electron chi connectivity index (χ1n) is 8.26. The number of carbonyl (C=O) groups excluding carboxylic acids is 1. The molecule has 0 radical (unpaired) electrons. The van der Waals surface area contributed by atoms with Gasteiger partial charge in [-0.25, -0.2) is 4.68 Å². The zero-order valence-electron chi connectivity index (χ0n) is 14.0. The van der Waals surface area contributed by atoms with Crippen LogP contribution < -0.4 is 15.6 Å². The molecule has 1 N–H and O–H groups in total. The fourth-order valence-corrected chi connectivity index (χ4v) is 2.55. The molecule has 0 aliphatic heterocycles. The SMILES string of the molecule is Cc1cc(OCC(=O)NCCn2nc(C3CC3)ccc2=O)ccc1Cl. The number of halogens is 1. The Morgan fingerprint density at radius 1 is 1.36 bits per heavy atom. The molecule has 7 heteroatoms. The Morgan fingerprint density at radius 3 is 2.88 bits per heavy atom. The summed E-state index contributed by atoms with van der Waals surface area (Å²) in [4.78, 5) is 23.7. The first kappa shape index (κ1) is 17.5. The molecule has 0 saturated heterocycles. The van der Waals surface area contributed by atoms with E-state index in [0.29, 0.717) is 29.8 Å². The molecule has 0 bridgehead atoms. The highest BCUT2D eigenvalue weighted by Crippen LogP contribution is 2.38. The predicted molar refractivity (Wildman–Crippen MR) is 95.2 cm³/mol. The second kappa shape index (κ2) is 7.70. The first-order chi connectivity index (χ1) is 12.0. The summed E-state index contributed by atoms with van der Waals surface area (Å²) in [7, 11) is 0. The van der Waals surface area contributed by atoms with Gasteiger partial charge >= 0.3 is 0 Å². The summed E-state index contributed by atoms with van der Waals surface area (Å²) in [5, 5.41) is 7.74. The summed E-state index contributed by atoms with van der Waals surface area (Å²) < 4.78 is 6.83. The van der Waals surface area contributed by atoms with Crippen LogP contribution in [0.15, 0.2) is 35.1 Å². The number of hydrogen-bond acceptors (Lipinski definition) is 4. The van der Waals surface area contributed by atoms with Gasteiger partial charge in [0.25, 0.3) is 11.5 Å². The first-order valence-corrected chi connectivity index (χ1v) is 8.64. The molecule has 1 saturated carbocycles. The monoisotopic (exact) mass is 361 g/mol. The third kappa shape index (κ3) is 4.82. The maximum Gasteiger partial charge on any atom is 0.266 e. The van der Waals surface area contributed by atoms with Crippen LogP contribution in [0.5, 0.6) is 5.75 Å². The van der Waals surface area contributed by atoms with E-state index in [0.717, 1.165) is 24.1 Å². The number of aryl methyl sites for hydroxylation is 1. The van der Waals surface area contributed by atoms with Gasteiger partial charge < -0.3 is 10.1 Å². The zero-order chi connectivity index (χ0) is 17.8. The number of aromatic nitrogens is 2. The van der Waals surface area contributed by atoms with Crippen LogP contribution in [0, 0.1) is 6.92 Å². The molecule has 1 amide bonds. The summed E-state index contributed by atoms with van der Waals surface area (Å²) in [5.41, 5.74) is 1.68. The van der Waals surface area contributed by atoms with Gasteiger partial charge in [-0.2, -0.15) is 5.10 Å². The van der Waals surface area contributed by atoms with Gasteiger partial charge in [-0.3, -0.25) is 9.59 Å². The molecule has 1 aromatic heterocycles. The minimum Gasteiger partial charge on any atom is -0.484 e. The Kier molecular flexibility index (Phi) is 5.38. The van der Waals surface area contributed by atoms with Crippen molar-refractivity contribution in [2.24, 2.45) is 0 Å². The average molecular weight is 362 g/mol. The Bertz CT molecular complexity index is 831. The molecule has 1 fully saturated rings. The molecule has 0 atom stereocenters. The molecule has 6 nitrogen and oxygen atoms in total. The van der Waals surface area contributed by atoms with E-state index in [1.54, 1.807) is 24.3 Å². The highest BCUT2D eigenvalue weighted by molar-refractivity contribution is 6.31. The van der Waals surface area contributed by atoms with E-state index in [1.165, 1.54) is 10.7 Å². The van der Waals surface area contributed by atoms with Gasteiger partial charge in [0.2, 0.25) is 0 Å². The van der Waals surface area contributed by atoms with Gasteiger partial charge in [0.05, 0.1) is 12.2 Å². The van der Waals surface area contributed by atoms with E-state index in [9.17, 15) is 9.59 Å². The number of ether oxygens (including phenoxy) is 1. The van der Waals surface area contributed by atoms with Crippen LogP contribution >= 0.6 is 11.6 Å². The Hall–Kier alpha value is -2.34. The minimum absolute atomic E-state index is 0.0918. The van der Waals surface area contributed by atoms with Gasteiger partial charge in [-0.05, 0) is 49.6 Å². The molecule has 3 rings (SSSR count). The standard InChI is InChI=1S/C18H20ClN3O3/c1-12-10-14(4-5-15(12)19)25-11-17(23)20-8-9-22-18(24)7-6-16(21-22)13-2-3-13/h4-7,10,13H,2-3,8-9,11H2,1H3,(H,20,23). The van der Waals surface area contributed by atoms with E-state index in [4.69, 9.17) is 16.3 Å². The van der Waals surface area contributed by atoms with E-state index in [1.807, 2.05) is 6.92 Å². The second-order valence-electron chi connectivity index (χ2n) is 6.14. The van der Waals surface area contributed by atoms with Crippen molar-refractivity contribution in [1.29, 1.82) is 0 Å². The van der Waals surface area contributed by atoms with Crippen molar-refractivity contribution in [3.63, 3.8) is 0 Å². The van der Waals surface area contributed by atoms with Crippen LogP contribution in [0.25, 0.3) is 0 Å². The van der Waals surface area contributed by atoms with Crippen molar-refractivity contribution in [2.75, 3.05) is 13.2 Å². The number of amides is 1. The number of nitrogens with one attached hydrogen (secondary N) is 1. The number of rotatable bonds is 7. The second-order valence-corrected chi connectivity index (χ2v) is 6.55. The van der Waals surface area contributed by atoms with Crippen molar-refractivity contribution < 1.29 is 9.53 Å². The van der Waals surface area contributed by atoms with Gasteiger partial charge in [0, 0.05) is 23.6 Å². The molecule has 25 heavy (non-hydrogen) atoms. The van der Waals surface area contributed by atoms with E-state index in [2.05, 4.69) is 10.4 Å². The highest BCUT2D eigenvalue weighted by atomic mass is 35.5. The molecular formula is C18H20ClN3O3. The largest absolute Gasteiger partial charge is 0.484 e. The molecule has 1 heterocycles. The Morgan fingerprint density at radius 2 is 2.16 bits per heavy atom. The quantitative estimate of drug-likeness (QED) is 0.821. The van der Waals surface area contributed by atoms with Gasteiger partial charge in [0.1, 0.15) is 5.75 Å². The number of nitrogens with zero attached hydrogens (tertiary/aromatic N) is 2. The fourth-order valence-electron chi connectivity index (χ4n) is 2.43. The lowest BCUT2D eigenvalue weighted by Gasteiger charge is -2.10. The van der Waals surface area contributed by atoms with E-state index in [-0.39, 0.29) is 18.1 Å². The van der Waals surface area contributed by atoms with E-state index < -0.39 is 0 Å².